The molecule has 0 amide bonds. The van der Waals surface area contributed by atoms with E-state index in [9.17, 15) is 0 Å². The van der Waals surface area contributed by atoms with E-state index in [0.717, 1.165) is 13.1 Å². The molecule has 0 aromatic carbocycles. The lowest BCUT2D eigenvalue weighted by molar-refractivity contribution is 0.323. The third kappa shape index (κ3) is 2.10. The molecule has 1 aliphatic rings. The van der Waals surface area contributed by atoms with E-state index in [-0.39, 0.29) is 0 Å². The molecule has 0 radical (unpaired) electrons. The summed E-state index contributed by atoms with van der Waals surface area (Å²) in [6, 6.07) is 4.92. The molecule has 0 aliphatic carbocycles. The third-order valence-corrected chi connectivity index (χ3v) is 3.72. The molecule has 1 aromatic rings. The fourth-order valence-electron chi connectivity index (χ4n) is 1.85. The first kappa shape index (κ1) is 9.19. The van der Waals surface area contributed by atoms with Gasteiger partial charge in [0.15, 0.2) is 0 Å². The quantitative estimate of drug-likeness (QED) is 0.756. The Morgan fingerprint density at radius 1 is 1.54 bits per heavy atom. The van der Waals surface area contributed by atoms with E-state index in [2.05, 4.69) is 22.8 Å². The number of nitrogens with one attached hydrogen (secondary N) is 1. The minimum atomic E-state index is 0.586. The van der Waals surface area contributed by atoms with Crippen LogP contribution in [-0.4, -0.2) is 13.1 Å². The van der Waals surface area contributed by atoms with Crippen molar-refractivity contribution < 1.29 is 0 Å². The Labute approximate surface area is 83.1 Å². The normalized spacial score (nSPS) is 29.0. The molecule has 2 rings (SSSR count). The molecule has 1 aromatic heterocycles. The van der Waals surface area contributed by atoms with Gasteiger partial charge in [0.05, 0.1) is 0 Å². The average Bonchev–Trinajstić information content (AvgIpc) is 2.71. The van der Waals surface area contributed by atoms with E-state index in [1.165, 1.54) is 17.7 Å². The largest absolute Gasteiger partial charge is 0.330 e. The molecule has 1 aliphatic heterocycles. The fraction of sp³-hybridized carbons (Fsp3) is 0.600. The first-order valence-electron chi connectivity index (χ1n) is 4.87. The van der Waals surface area contributed by atoms with Crippen LogP contribution in [0.1, 0.15) is 23.8 Å². The first-order valence-corrected chi connectivity index (χ1v) is 5.75. The zero-order chi connectivity index (χ0) is 9.10. The summed E-state index contributed by atoms with van der Waals surface area (Å²) in [7, 11) is 0. The molecular formula is C10H16N2S. The minimum absolute atomic E-state index is 0.586. The van der Waals surface area contributed by atoms with Gasteiger partial charge in [-0.3, -0.25) is 0 Å². The second kappa shape index (κ2) is 4.22. The van der Waals surface area contributed by atoms with Crippen molar-refractivity contribution in [3.8, 4) is 0 Å². The van der Waals surface area contributed by atoms with Gasteiger partial charge < -0.3 is 11.1 Å². The molecule has 2 nitrogen and oxygen atoms in total. The summed E-state index contributed by atoms with van der Waals surface area (Å²) < 4.78 is 0. The maximum atomic E-state index is 5.63. The van der Waals surface area contributed by atoms with Crippen molar-refractivity contribution in [1.29, 1.82) is 0 Å². The highest BCUT2D eigenvalue weighted by molar-refractivity contribution is 7.10. The second-order valence-corrected chi connectivity index (χ2v) is 4.63. The van der Waals surface area contributed by atoms with Crippen LogP contribution in [0.15, 0.2) is 17.5 Å². The highest BCUT2D eigenvalue weighted by atomic mass is 32.1. The zero-order valence-corrected chi connectivity index (χ0v) is 8.52. The summed E-state index contributed by atoms with van der Waals surface area (Å²) in [4.78, 5) is 1.47. The van der Waals surface area contributed by atoms with Crippen molar-refractivity contribution in [2.75, 3.05) is 13.1 Å². The predicted octanol–water partition coefficient (Wildman–Crippen LogP) is 1.75. The lowest BCUT2D eigenvalue weighted by atomic mass is 9.94. The summed E-state index contributed by atoms with van der Waals surface area (Å²) in [5.41, 5.74) is 5.63. The lowest BCUT2D eigenvalue weighted by Crippen LogP contribution is -2.36. The SMILES string of the molecule is NCC1CCC(c2cccs2)NC1. The van der Waals surface area contributed by atoms with E-state index in [0.29, 0.717) is 12.0 Å². The molecule has 0 saturated carbocycles. The monoisotopic (exact) mass is 196 g/mol. The molecule has 0 spiro atoms. The lowest BCUT2D eigenvalue weighted by Gasteiger charge is -2.28. The predicted molar refractivity (Wildman–Crippen MR) is 56.8 cm³/mol. The molecule has 13 heavy (non-hydrogen) atoms. The Balaban J connectivity index is 1.92. The molecular weight excluding hydrogens is 180 g/mol. The fourth-order valence-corrected chi connectivity index (χ4v) is 2.69. The van der Waals surface area contributed by atoms with Crippen LogP contribution >= 0.6 is 11.3 Å². The van der Waals surface area contributed by atoms with Crippen LogP contribution in [0.4, 0.5) is 0 Å². The van der Waals surface area contributed by atoms with Crippen LogP contribution in [0.5, 0.6) is 0 Å². The second-order valence-electron chi connectivity index (χ2n) is 3.66. The highest BCUT2D eigenvalue weighted by Crippen LogP contribution is 2.27. The van der Waals surface area contributed by atoms with Crippen LogP contribution in [0.25, 0.3) is 0 Å². The Bertz CT molecular complexity index is 237. The Kier molecular flexibility index (Phi) is 2.98. The number of piperidine rings is 1. The molecule has 1 saturated heterocycles. The third-order valence-electron chi connectivity index (χ3n) is 2.74. The van der Waals surface area contributed by atoms with Crippen molar-refractivity contribution in [3.05, 3.63) is 22.4 Å². The van der Waals surface area contributed by atoms with Crippen LogP contribution in [0.3, 0.4) is 0 Å². The van der Waals surface area contributed by atoms with E-state index < -0.39 is 0 Å². The van der Waals surface area contributed by atoms with E-state index in [1.807, 2.05) is 11.3 Å². The summed E-state index contributed by atoms with van der Waals surface area (Å²) >= 11 is 1.84. The average molecular weight is 196 g/mol. The molecule has 2 unspecified atom stereocenters. The van der Waals surface area contributed by atoms with Gasteiger partial charge in [-0.05, 0) is 43.3 Å². The molecule has 2 heterocycles. The smallest absolute Gasteiger partial charge is 0.0415 e. The molecule has 0 bridgehead atoms. The van der Waals surface area contributed by atoms with Gasteiger partial charge in [-0.1, -0.05) is 6.07 Å². The Morgan fingerprint density at radius 2 is 2.46 bits per heavy atom. The molecule has 2 atom stereocenters. The highest BCUT2D eigenvalue weighted by Gasteiger charge is 2.20. The van der Waals surface area contributed by atoms with Gasteiger partial charge in [-0.2, -0.15) is 0 Å². The number of hydrogen-bond donors (Lipinski definition) is 2. The van der Waals surface area contributed by atoms with Crippen molar-refractivity contribution >= 4 is 11.3 Å². The zero-order valence-electron chi connectivity index (χ0n) is 7.70. The van der Waals surface area contributed by atoms with Gasteiger partial charge in [-0.25, -0.2) is 0 Å². The number of thiophene rings is 1. The van der Waals surface area contributed by atoms with Crippen molar-refractivity contribution in [2.24, 2.45) is 11.7 Å². The summed E-state index contributed by atoms with van der Waals surface area (Å²) in [5, 5.41) is 5.70. The van der Waals surface area contributed by atoms with Crippen molar-refractivity contribution in [2.45, 2.75) is 18.9 Å². The topological polar surface area (TPSA) is 38.0 Å². The maximum Gasteiger partial charge on any atom is 0.0415 e. The van der Waals surface area contributed by atoms with E-state index in [1.54, 1.807) is 0 Å². The van der Waals surface area contributed by atoms with E-state index in [4.69, 9.17) is 5.73 Å². The number of rotatable bonds is 2. The maximum absolute atomic E-state index is 5.63. The van der Waals surface area contributed by atoms with Gasteiger partial charge in [0, 0.05) is 10.9 Å². The van der Waals surface area contributed by atoms with Gasteiger partial charge >= 0.3 is 0 Å². The van der Waals surface area contributed by atoms with Crippen LogP contribution in [0.2, 0.25) is 0 Å². The molecule has 72 valence electrons. The van der Waals surface area contributed by atoms with Crippen LogP contribution in [-0.2, 0) is 0 Å². The Morgan fingerprint density at radius 3 is 3.00 bits per heavy atom. The number of hydrogen-bond acceptors (Lipinski definition) is 3. The van der Waals surface area contributed by atoms with Crippen LogP contribution < -0.4 is 11.1 Å². The summed E-state index contributed by atoms with van der Waals surface area (Å²) in [6.07, 6.45) is 2.51. The number of nitrogens with two attached hydrogens (primary N) is 1. The summed E-state index contributed by atoms with van der Waals surface area (Å²) in [5.74, 6) is 0.691. The van der Waals surface area contributed by atoms with Gasteiger partial charge in [-0.15, -0.1) is 11.3 Å². The summed E-state index contributed by atoms with van der Waals surface area (Å²) in [6.45, 7) is 1.91. The standard InChI is InChI=1S/C10H16N2S/c11-6-8-3-4-9(12-7-8)10-2-1-5-13-10/h1-2,5,8-9,12H,3-4,6-7,11H2. The minimum Gasteiger partial charge on any atom is -0.330 e. The van der Waals surface area contributed by atoms with E-state index >= 15 is 0 Å². The molecule has 3 heteroatoms. The van der Waals surface area contributed by atoms with Gasteiger partial charge in [0.1, 0.15) is 0 Å². The van der Waals surface area contributed by atoms with Gasteiger partial charge in [0.25, 0.3) is 0 Å². The van der Waals surface area contributed by atoms with Crippen molar-refractivity contribution in [3.63, 3.8) is 0 Å². The van der Waals surface area contributed by atoms with Crippen LogP contribution in [0, 0.1) is 5.92 Å². The van der Waals surface area contributed by atoms with Crippen molar-refractivity contribution in [1.82, 2.24) is 5.32 Å². The Hall–Kier alpha value is -0.380. The molecule has 1 fully saturated rings. The first-order chi connectivity index (χ1) is 6.40. The molecule has 3 N–H and O–H groups in total. The van der Waals surface area contributed by atoms with Gasteiger partial charge in [0.2, 0.25) is 0 Å².